The number of benzene rings is 2. The largest absolute Gasteiger partial charge is 0.338 e. The number of hydrogen-bond acceptors (Lipinski definition) is 1. The van der Waals surface area contributed by atoms with Crippen LogP contribution in [0.15, 0.2) is 30.3 Å². The third kappa shape index (κ3) is 2.13. The van der Waals surface area contributed by atoms with Crippen molar-refractivity contribution in [3.63, 3.8) is 0 Å². The van der Waals surface area contributed by atoms with E-state index in [2.05, 4.69) is 37.0 Å². The third-order valence-electron chi connectivity index (χ3n) is 3.35. The van der Waals surface area contributed by atoms with E-state index >= 15 is 0 Å². The van der Waals surface area contributed by atoms with E-state index in [-0.39, 0.29) is 0 Å². The Morgan fingerprint density at radius 1 is 1.00 bits per heavy atom. The molecule has 1 heterocycles. The monoisotopic (exact) mass is 270 g/mol. The first-order valence-electron chi connectivity index (χ1n) is 6.28. The second-order valence-corrected chi connectivity index (χ2v) is 5.43. The molecule has 2 aromatic carbocycles. The molecule has 0 saturated heterocycles. The van der Waals surface area contributed by atoms with Gasteiger partial charge in [-0.15, -0.1) is 0 Å². The summed E-state index contributed by atoms with van der Waals surface area (Å²) in [5, 5.41) is 0.784. The SMILES string of the molecule is Cc1cc(C)c2nc(-c3ccc(Cl)c(C)c3)[nH]c2c1. The van der Waals surface area contributed by atoms with Gasteiger partial charge in [0.15, 0.2) is 0 Å². The van der Waals surface area contributed by atoms with Crippen molar-refractivity contribution in [3.05, 3.63) is 52.0 Å². The lowest BCUT2D eigenvalue weighted by Gasteiger charge is -2.00. The molecule has 0 aliphatic heterocycles. The number of nitrogens with one attached hydrogen (secondary N) is 1. The summed E-state index contributed by atoms with van der Waals surface area (Å²) in [6.45, 7) is 6.19. The quantitative estimate of drug-likeness (QED) is 0.675. The molecule has 0 bridgehead atoms. The van der Waals surface area contributed by atoms with E-state index in [1.165, 1.54) is 11.1 Å². The number of nitrogens with zero attached hydrogens (tertiary/aromatic N) is 1. The highest BCUT2D eigenvalue weighted by atomic mass is 35.5. The van der Waals surface area contributed by atoms with Gasteiger partial charge in [-0.05, 0) is 61.7 Å². The molecular weight excluding hydrogens is 256 g/mol. The van der Waals surface area contributed by atoms with Crippen LogP contribution in [-0.2, 0) is 0 Å². The number of H-pyrrole nitrogens is 1. The van der Waals surface area contributed by atoms with Crippen molar-refractivity contribution in [3.8, 4) is 11.4 Å². The molecular formula is C16H15ClN2. The molecule has 1 N–H and O–H groups in total. The van der Waals surface area contributed by atoms with E-state index in [4.69, 9.17) is 16.6 Å². The maximum atomic E-state index is 6.06. The van der Waals surface area contributed by atoms with Gasteiger partial charge in [0.1, 0.15) is 5.82 Å². The second kappa shape index (κ2) is 4.39. The summed E-state index contributed by atoms with van der Waals surface area (Å²) in [5.74, 6) is 0.892. The van der Waals surface area contributed by atoms with Gasteiger partial charge < -0.3 is 4.98 Å². The zero-order valence-electron chi connectivity index (χ0n) is 11.2. The van der Waals surface area contributed by atoms with Gasteiger partial charge in [-0.1, -0.05) is 17.7 Å². The maximum Gasteiger partial charge on any atom is 0.138 e. The van der Waals surface area contributed by atoms with Gasteiger partial charge in [0.25, 0.3) is 0 Å². The van der Waals surface area contributed by atoms with Gasteiger partial charge in [-0.25, -0.2) is 4.98 Å². The average molecular weight is 271 g/mol. The fourth-order valence-corrected chi connectivity index (χ4v) is 2.52. The molecule has 1 aromatic heterocycles. The molecule has 0 aliphatic rings. The van der Waals surface area contributed by atoms with Gasteiger partial charge >= 0.3 is 0 Å². The van der Waals surface area contributed by atoms with Crippen molar-refractivity contribution < 1.29 is 0 Å². The summed E-state index contributed by atoms with van der Waals surface area (Å²) in [7, 11) is 0. The number of rotatable bonds is 1. The molecule has 3 rings (SSSR count). The van der Waals surface area contributed by atoms with Gasteiger partial charge in [-0.3, -0.25) is 0 Å². The van der Waals surface area contributed by atoms with E-state index in [9.17, 15) is 0 Å². The van der Waals surface area contributed by atoms with Crippen molar-refractivity contribution >= 4 is 22.6 Å². The van der Waals surface area contributed by atoms with Crippen molar-refractivity contribution in [2.24, 2.45) is 0 Å². The van der Waals surface area contributed by atoms with Crippen molar-refractivity contribution in [1.29, 1.82) is 0 Å². The summed E-state index contributed by atoms with van der Waals surface area (Å²) in [6, 6.07) is 10.2. The summed E-state index contributed by atoms with van der Waals surface area (Å²) < 4.78 is 0. The molecule has 3 aromatic rings. The van der Waals surface area contributed by atoms with Gasteiger partial charge in [0, 0.05) is 10.6 Å². The molecule has 2 nitrogen and oxygen atoms in total. The Morgan fingerprint density at radius 3 is 2.53 bits per heavy atom. The number of aromatic amines is 1. The fraction of sp³-hybridized carbons (Fsp3) is 0.188. The second-order valence-electron chi connectivity index (χ2n) is 5.03. The van der Waals surface area contributed by atoms with Crippen LogP contribution in [0, 0.1) is 20.8 Å². The normalized spacial score (nSPS) is 11.2. The van der Waals surface area contributed by atoms with Gasteiger partial charge in [-0.2, -0.15) is 0 Å². The molecule has 0 aliphatic carbocycles. The first kappa shape index (κ1) is 12.2. The molecule has 96 valence electrons. The van der Waals surface area contributed by atoms with Gasteiger partial charge in [0.2, 0.25) is 0 Å². The van der Waals surface area contributed by atoms with Crippen LogP contribution in [-0.4, -0.2) is 9.97 Å². The number of imidazole rings is 1. The summed E-state index contributed by atoms with van der Waals surface area (Å²) in [6.07, 6.45) is 0. The Bertz CT molecular complexity index is 772. The Hall–Kier alpha value is -1.80. The fourth-order valence-electron chi connectivity index (χ4n) is 2.40. The van der Waals surface area contributed by atoms with Crippen LogP contribution in [0.25, 0.3) is 22.4 Å². The van der Waals surface area contributed by atoms with E-state index in [1.807, 2.05) is 19.1 Å². The predicted octanol–water partition coefficient (Wildman–Crippen LogP) is 4.81. The number of fused-ring (bicyclic) bond motifs is 1. The average Bonchev–Trinajstić information content (AvgIpc) is 2.76. The number of aryl methyl sites for hydroxylation is 3. The molecule has 0 saturated carbocycles. The van der Waals surface area contributed by atoms with Crippen LogP contribution < -0.4 is 0 Å². The summed E-state index contributed by atoms with van der Waals surface area (Å²) in [4.78, 5) is 8.08. The van der Waals surface area contributed by atoms with Crippen molar-refractivity contribution in [2.75, 3.05) is 0 Å². The Kier molecular flexibility index (Phi) is 2.83. The van der Waals surface area contributed by atoms with Crippen LogP contribution >= 0.6 is 11.6 Å². The first-order chi connectivity index (χ1) is 9.04. The van der Waals surface area contributed by atoms with Crippen LogP contribution in [0.1, 0.15) is 16.7 Å². The van der Waals surface area contributed by atoms with Crippen LogP contribution in [0.5, 0.6) is 0 Å². The minimum atomic E-state index is 0.784. The molecule has 0 spiro atoms. The van der Waals surface area contributed by atoms with Crippen molar-refractivity contribution in [2.45, 2.75) is 20.8 Å². The number of hydrogen-bond donors (Lipinski definition) is 1. The van der Waals surface area contributed by atoms with Crippen LogP contribution in [0.2, 0.25) is 5.02 Å². The Morgan fingerprint density at radius 2 is 1.79 bits per heavy atom. The Balaban J connectivity index is 2.20. The van der Waals surface area contributed by atoms with E-state index < -0.39 is 0 Å². The summed E-state index contributed by atoms with van der Waals surface area (Å²) in [5.41, 5.74) is 6.69. The number of aromatic nitrogens is 2. The standard InChI is InChI=1S/C16H15ClN2/c1-9-6-11(3)15-14(7-9)18-16(19-15)12-4-5-13(17)10(2)8-12/h4-8H,1-3H3,(H,18,19). The predicted molar refractivity (Wildman–Crippen MR) is 80.8 cm³/mol. The first-order valence-corrected chi connectivity index (χ1v) is 6.66. The zero-order valence-corrected chi connectivity index (χ0v) is 12.0. The highest BCUT2D eigenvalue weighted by Crippen LogP contribution is 2.26. The maximum absolute atomic E-state index is 6.06. The van der Waals surface area contributed by atoms with Crippen LogP contribution in [0.3, 0.4) is 0 Å². The third-order valence-corrected chi connectivity index (χ3v) is 3.78. The topological polar surface area (TPSA) is 28.7 Å². The highest BCUT2D eigenvalue weighted by Gasteiger charge is 2.08. The van der Waals surface area contributed by atoms with E-state index in [0.29, 0.717) is 0 Å². The van der Waals surface area contributed by atoms with Crippen molar-refractivity contribution in [1.82, 2.24) is 9.97 Å². The molecule has 19 heavy (non-hydrogen) atoms. The zero-order chi connectivity index (χ0) is 13.6. The number of halogens is 1. The van der Waals surface area contributed by atoms with Gasteiger partial charge in [0.05, 0.1) is 11.0 Å². The molecule has 0 amide bonds. The lowest BCUT2D eigenvalue weighted by Crippen LogP contribution is -1.82. The summed E-state index contributed by atoms with van der Waals surface area (Å²) >= 11 is 6.06. The lowest BCUT2D eigenvalue weighted by molar-refractivity contribution is 1.32. The molecule has 0 unspecified atom stereocenters. The van der Waals surface area contributed by atoms with E-state index in [1.54, 1.807) is 0 Å². The molecule has 3 heteroatoms. The highest BCUT2D eigenvalue weighted by molar-refractivity contribution is 6.31. The van der Waals surface area contributed by atoms with Crippen LogP contribution in [0.4, 0.5) is 0 Å². The van der Waals surface area contributed by atoms with E-state index in [0.717, 1.165) is 33.0 Å². The molecule has 0 fully saturated rings. The Labute approximate surface area is 117 Å². The minimum Gasteiger partial charge on any atom is -0.338 e. The molecule has 0 atom stereocenters. The smallest absolute Gasteiger partial charge is 0.138 e. The lowest BCUT2D eigenvalue weighted by atomic mass is 10.1. The molecule has 0 radical (unpaired) electrons. The minimum absolute atomic E-state index is 0.784.